The van der Waals surface area contributed by atoms with Gasteiger partial charge in [0.2, 0.25) is 0 Å². The van der Waals surface area contributed by atoms with Crippen LogP contribution < -0.4 is 9.47 Å². The van der Waals surface area contributed by atoms with Crippen LogP contribution in [0, 0.1) is 0 Å². The average molecular weight is 511 g/mol. The van der Waals surface area contributed by atoms with Gasteiger partial charge in [0.1, 0.15) is 5.75 Å². The van der Waals surface area contributed by atoms with Gasteiger partial charge in [-0.25, -0.2) is 9.59 Å². The predicted octanol–water partition coefficient (Wildman–Crippen LogP) is 8.08. The molecule has 0 atom stereocenters. The maximum atomic E-state index is 13.0. The van der Waals surface area contributed by atoms with Crippen LogP contribution in [0.15, 0.2) is 125 Å². The highest BCUT2D eigenvalue weighted by molar-refractivity contribution is 7.99. The summed E-state index contributed by atoms with van der Waals surface area (Å²) < 4.78 is 11.8. The molecule has 0 radical (unpaired) electrons. The van der Waals surface area contributed by atoms with Crippen LogP contribution >= 0.6 is 23.4 Å². The number of benzene rings is 5. The largest absolute Gasteiger partial charge is 0.422 e. The standard InChI is InChI=1S/C30H19ClO4S/c31-22-16-17-24-25(18-22)26(34-29(32)20-10-4-1-5-11-20)19-27(36-23-14-8-3-9-15-23)28(24)35-30(33)21-12-6-2-7-13-21/h1-19H. The molecular formula is C30H19ClO4S. The number of hydrogen-bond acceptors (Lipinski definition) is 5. The molecule has 0 N–H and O–H groups in total. The van der Waals surface area contributed by atoms with E-state index in [4.69, 9.17) is 21.1 Å². The number of hydrogen-bond donors (Lipinski definition) is 0. The summed E-state index contributed by atoms with van der Waals surface area (Å²) >= 11 is 7.72. The average Bonchev–Trinajstić information content (AvgIpc) is 2.92. The van der Waals surface area contributed by atoms with E-state index < -0.39 is 11.9 Å². The predicted molar refractivity (Wildman–Crippen MR) is 142 cm³/mol. The van der Waals surface area contributed by atoms with Gasteiger partial charge in [0.25, 0.3) is 0 Å². The molecule has 5 aromatic rings. The van der Waals surface area contributed by atoms with Crippen molar-refractivity contribution in [3.05, 3.63) is 131 Å². The third-order valence-electron chi connectivity index (χ3n) is 5.37. The molecule has 0 heterocycles. The van der Waals surface area contributed by atoms with Crippen molar-refractivity contribution in [1.29, 1.82) is 0 Å². The van der Waals surface area contributed by atoms with Crippen molar-refractivity contribution in [3.8, 4) is 11.5 Å². The highest BCUT2D eigenvalue weighted by atomic mass is 35.5. The third kappa shape index (κ3) is 5.28. The van der Waals surface area contributed by atoms with Gasteiger partial charge in [-0.3, -0.25) is 0 Å². The quantitative estimate of drug-likeness (QED) is 0.171. The minimum Gasteiger partial charge on any atom is -0.422 e. The molecule has 0 aliphatic rings. The van der Waals surface area contributed by atoms with E-state index in [2.05, 4.69) is 0 Å². The van der Waals surface area contributed by atoms with Gasteiger partial charge in [-0.2, -0.15) is 0 Å². The molecule has 0 amide bonds. The lowest BCUT2D eigenvalue weighted by atomic mass is 10.1. The number of fused-ring (bicyclic) bond motifs is 1. The summed E-state index contributed by atoms with van der Waals surface area (Å²) in [5.41, 5.74) is 0.847. The Kier molecular flexibility index (Phi) is 7.03. The summed E-state index contributed by atoms with van der Waals surface area (Å²) in [6.07, 6.45) is 0. The van der Waals surface area contributed by atoms with E-state index >= 15 is 0 Å². The SMILES string of the molecule is O=C(Oc1cc(Sc2ccccc2)c(OC(=O)c2ccccc2)c2ccc(Cl)cc12)c1ccccc1. The molecule has 0 spiro atoms. The van der Waals surface area contributed by atoms with Gasteiger partial charge in [-0.15, -0.1) is 0 Å². The van der Waals surface area contributed by atoms with E-state index in [1.54, 1.807) is 72.8 Å². The summed E-state index contributed by atoms with van der Waals surface area (Å²) in [7, 11) is 0. The number of esters is 2. The van der Waals surface area contributed by atoms with E-state index in [0.717, 1.165) is 4.90 Å². The molecule has 176 valence electrons. The second kappa shape index (κ2) is 10.7. The van der Waals surface area contributed by atoms with Crippen LogP contribution in [0.2, 0.25) is 5.02 Å². The van der Waals surface area contributed by atoms with Gasteiger partial charge in [0, 0.05) is 20.7 Å². The van der Waals surface area contributed by atoms with Crippen molar-refractivity contribution >= 4 is 46.1 Å². The molecule has 0 aliphatic carbocycles. The lowest BCUT2D eigenvalue weighted by molar-refractivity contribution is 0.0719. The Morgan fingerprint density at radius 1 is 0.611 bits per heavy atom. The maximum Gasteiger partial charge on any atom is 0.343 e. The molecule has 5 aromatic carbocycles. The molecular weight excluding hydrogens is 492 g/mol. The maximum absolute atomic E-state index is 13.0. The first kappa shape index (κ1) is 23.7. The Morgan fingerprint density at radius 3 is 1.78 bits per heavy atom. The summed E-state index contributed by atoms with van der Waals surface area (Å²) in [5, 5.41) is 1.61. The summed E-state index contributed by atoms with van der Waals surface area (Å²) in [6.45, 7) is 0. The summed E-state index contributed by atoms with van der Waals surface area (Å²) in [4.78, 5) is 27.5. The van der Waals surface area contributed by atoms with Crippen LogP contribution in [-0.2, 0) is 0 Å². The molecule has 0 bridgehead atoms. The summed E-state index contributed by atoms with van der Waals surface area (Å²) in [5.74, 6) is -0.305. The van der Waals surface area contributed by atoms with E-state index in [1.807, 2.05) is 42.5 Å². The van der Waals surface area contributed by atoms with Crippen LogP contribution in [0.1, 0.15) is 20.7 Å². The minimum atomic E-state index is -0.499. The number of rotatable bonds is 6. The van der Waals surface area contributed by atoms with Crippen molar-refractivity contribution in [2.45, 2.75) is 9.79 Å². The number of carbonyl (C=O) groups excluding carboxylic acids is 2. The first-order chi connectivity index (χ1) is 17.6. The number of ether oxygens (including phenoxy) is 2. The number of halogens is 1. The van der Waals surface area contributed by atoms with E-state index in [1.165, 1.54) is 11.8 Å². The zero-order valence-corrected chi connectivity index (χ0v) is 20.5. The van der Waals surface area contributed by atoms with Crippen molar-refractivity contribution in [3.63, 3.8) is 0 Å². The highest BCUT2D eigenvalue weighted by Gasteiger charge is 2.21. The Hall–Kier alpha value is -4.06. The molecule has 0 saturated heterocycles. The van der Waals surface area contributed by atoms with Crippen LogP contribution in [0.3, 0.4) is 0 Å². The smallest absolute Gasteiger partial charge is 0.343 e. The first-order valence-electron chi connectivity index (χ1n) is 11.1. The molecule has 4 nitrogen and oxygen atoms in total. The first-order valence-corrected chi connectivity index (χ1v) is 12.3. The van der Waals surface area contributed by atoms with Crippen molar-refractivity contribution in [2.75, 3.05) is 0 Å². The lowest BCUT2D eigenvalue weighted by Crippen LogP contribution is -2.11. The molecule has 0 fully saturated rings. The second-order valence-electron chi connectivity index (χ2n) is 7.82. The van der Waals surface area contributed by atoms with Crippen molar-refractivity contribution in [2.24, 2.45) is 0 Å². The van der Waals surface area contributed by atoms with E-state index in [-0.39, 0.29) is 0 Å². The fourth-order valence-corrected chi connectivity index (χ4v) is 4.78. The second-order valence-corrected chi connectivity index (χ2v) is 9.37. The Balaban J connectivity index is 1.64. The molecule has 0 unspecified atom stereocenters. The van der Waals surface area contributed by atoms with Crippen LogP contribution in [0.4, 0.5) is 0 Å². The van der Waals surface area contributed by atoms with Crippen LogP contribution in [0.25, 0.3) is 10.8 Å². The van der Waals surface area contributed by atoms with E-state index in [9.17, 15) is 9.59 Å². The molecule has 36 heavy (non-hydrogen) atoms. The zero-order valence-electron chi connectivity index (χ0n) is 18.9. The lowest BCUT2D eigenvalue weighted by Gasteiger charge is -2.17. The molecule has 6 heteroatoms. The Morgan fingerprint density at radius 2 is 1.17 bits per heavy atom. The topological polar surface area (TPSA) is 52.6 Å². The van der Waals surface area contributed by atoms with Gasteiger partial charge in [-0.1, -0.05) is 78.0 Å². The summed E-state index contributed by atoms with van der Waals surface area (Å²) in [6, 6.07) is 34.1. The molecule has 0 aromatic heterocycles. The van der Waals surface area contributed by atoms with Gasteiger partial charge in [-0.05, 0) is 60.7 Å². The Labute approximate surface area is 217 Å². The van der Waals surface area contributed by atoms with E-state index in [0.29, 0.717) is 43.3 Å². The fraction of sp³-hybridized carbons (Fsp3) is 0. The molecule has 0 aliphatic heterocycles. The molecule has 0 saturated carbocycles. The Bertz CT molecular complexity index is 1540. The zero-order chi connectivity index (χ0) is 24.9. The van der Waals surface area contributed by atoms with Gasteiger partial charge in [0.15, 0.2) is 5.75 Å². The normalized spacial score (nSPS) is 10.7. The van der Waals surface area contributed by atoms with Crippen LogP contribution in [-0.4, -0.2) is 11.9 Å². The monoisotopic (exact) mass is 510 g/mol. The van der Waals surface area contributed by atoms with Crippen LogP contribution in [0.5, 0.6) is 11.5 Å². The molecule has 5 rings (SSSR count). The third-order valence-corrected chi connectivity index (χ3v) is 6.63. The van der Waals surface area contributed by atoms with Crippen molar-refractivity contribution in [1.82, 2.24) is 0 Å². The van der Waals surface area contributed by atoms with Crippen molar-refractivity contribution < 1.29 is 19.1 Å². The number of carbonyl (C=O) groups is 2. The van der Waals surface area contributed by atoms with Gasteiger partial charge >= 0.3 is 11.9 Å². The van der Waals surface area contributed by atoms with Gasteiger partial charge in [0.05, 0.1) is 16.0 Å². The van der Waals surface area contributed by atoms with Gasteiger partial charge < -0.3 is 9.47 Å². The minimum absolute atomic E-state index is 0.319. The highest BCUT2D eigenvalue weighted by Crippen LogP contribution is 2.45. The fourth-order valence-electron chi connectivity index (χ4n) is 3.65.